The standard InChI is InChI=1S/C18H15S.C5H8O4/c1-4-10-16(11-5-1)19(17-12-6-2-7-13-17)18-14-8-3-9-15-18;1-9-5(8)3-2-4(6)7/h1-15H;2-3H2,1H3,(H,6,7)/q+1;/p-1. The lowest BCUT2D eigenvalue weighted by molar-refractivity contribution is -0.305. The molecule has 3 rings (SSSR count). The summed E-state index contributed by atoms with van der Waals surface area (Å²) >= 11 is 0. The van der Waals surface area contributed by atoms with Gasteiger partial charge in [0.2, 0.25) is 0 Å². The van der Waals surface area contributed by atoms with Crippen molar-refractivity contribution in [2.75, 3.05) is 7.11 Å². The third kappa shape index (κ3) is 6.93. The zero-order chi connectivity index (χ0) is 20.2. The number of methoxy groups -OCH3 is 1. The Kier molecular flexibility index (Phi) is 8.82. The maximum absolute atomic E-state index is 10.2. The fraction of sp³-hybridized carbons (Fsp3) is 0.130. The number of hydrogen-bond donors (Lipinski definition) is 0. The van der Waals surface area contributed by atoms with Crippen LogP contribution in [0.1, 0.15) is 12.8 Å². The molecule has 0 radical (unpaired) electrons. The SMILES string of the molecule is COC(=O)CCC(=O)[O-].c1ccc([S+](c2ccccc2)c2ccccc2)cc1. The molecule has 144 valence electrons. The molecule has 4 nitrogen and oxygen atoms in total. The van der Waals surface area contributed by atoms with E-state index in [9.17, 15) is 14.7 Å². The van der Waals surface area contributed by atoms with Crippen molar-refractivity contribution in [1.82, 2.24) is 0 Å². The first-order chi connectivity index (χ1) is 13.6. The first kappa shape index (κ1) is 21.3. The average molecular weight is 394 g/mol. The molecule has 0 aliphatic carbocycles. The highest BCUT2D eigenvalue weighted by molar-refractivity contribution is 7.97. The minimum absolute atomic E-state index is 0.0146. The smallest absolute Gasteiger partial charge is 0.305 e. The lowest BCUT2D eigenvalue weighted by Gasteiger charge is -2.07. The highest BCUT2D eigenvalue weighted by Crippen LogP contribution is 2.30. The molecule has 0 saturated heterocycles. The topological polar surface area (TPSA) is 66.4 Å². The fourth-order valence-corrected chi connectivity index (χ4v) is 4.49. The molecule has 0 aliphatic heterocycles. The molecule has 0 aromatic heterocycles. The van der Waals surface area contributed by atoms with Crippen LogP contribution < -0.4 is 5.11 Å². The van der Waals surface area contributed by atoms with Gasteiger partial charge in [-0.15, -0.1) is 0 Å². The zero-order valence-electron chi connectivity index (χ0n) is 15.6. The van der Waals surface area contributed by atoms with Crippen molar-refractivity contribution in [2.45, 2.75) is 27.5 Å². The third-order valence-electron chi connectivity index (χ3n) is 3.70. The van der Waals surface area contributed by atoms with Gasteiger partial charge in [0, 0.05) is 5.97 Å². The van der Waals surface area contributed by atoms with Gasteiger partial charge in [0.15, 0.2) is 14.7 Å². The van der Waals surface area contributed by atoms with Crippen LogP contribution >= 0.6 is 0 Å². The molecule has 0 atom stereocenters. The van der Waals surface area contributed by atoms with E-state index in [0.29, 0.717) is 0 Å². The van der Waals surface area contributed by atoms with Crippen LogP contribution in [-0.2, 0) is 25.2 Å². The van der Waals surface area contributed by atoms with E-state index in [4.69, 9.17) is 0 Å². The van der Waals surface area contributed by atoms with Crippen molar-refractivity contribution in [3.63, 3.8) is 0 Å². The minimum Gasteiger partial charge on any atom is -0.550 e. The number of hydrogen-bond acceptors (Lipinski definition) is 4. The van der Waals surface area contributed by atoms with E-state index < -0.39 is 11.9 Å². The van der Waals surface area contributed by atoms with Gasteiger partial charge in [-0.1, -0.05) is 54.6 Å². The van der Waals surface area contributed by atoms with E-state index in [1.807, 2.05) is 0 Å². The zero-order valence-corrected chi connectivity index (χ0v) is 16.4. The molecule has 0 spiro atoms. The van der Waals surface area contributed by atoms with Crippen molar-refractivity contribution in [3.05, 3.63) is 91.0 Å². The second-order valence-electron chi connectivity index (χ2n) is 5.69. The third-order valence-corrected chi connectivity index (χ3v) is 5.93. The molecule has 0 heterocycles. The van der Waals surface area contributed by atoms with Gasteiger partial charge in [0.1, 0.15) is 0 Å². The number of carbonyl (C=O) groups is 2. The number of carboxylic acid groups (broad SMARTS) is 1. The van der Waals surface area contributed by atoms with Crippen LogP contribution in [0.15, 0.2) is 106 Å². The van der Waals surface area contributed by atoms with Gasteiger partial charge in [-0.05, 0) is 42.8 Å². The Labute approximate surface area is 168 Å². The number of aliphatic carboxylic acids is 1. The summed E-state index contributed by atoms with van der Waals surface area (Å²) in [7, 11) is 1.19. The van der Waals surface area contributed by atoms with Gasteiger partial charge >= 0.3 is 5.97 Å². The largest absolute Gasteiger partial charge is 0.550 e. The second-order valence-corrected chi connectivity index (χ2v) is 7.72. The van der Waals surface area contributed by atoms with Crippen LogP contribution in [0.3, 0.4) is 0 Å². The van der Waals surface area contributed by atoms with Gasteiger partial charge in [-0.2, -0.15) is 0 Å². The summed E-state index contributed by atoms with van der Waals surface area (Å²) in [6.07, 6.45) is -0.383. The van der Waals surface area contributed by atoms with Gasteiger partial charge in [-0.3, -0.25) is 4.79 Å². The molecule has 5 heteroatoms. The van der Waals surface area contributed by atoms with Gasteiger partial charge in [0.05, 0.1) is 24.4 Å². The Morgan fingerprint density at radius 2 is 1.07 bits per heavy atom. The van der Waals surface area contributed by atoms with Crippen molar-refractivity contribution in [2.24, 2.45) is 0 Å². The predicted octanol–water partition coefficient (Wildman–Crippen LogP) is 3.47. The number of rotatable bonds is 6. The predicted molar refractivity (Wildman–Crippen MR) is 108 cm³/mol. The molecule has 0 aliphatic rings. The molecule has 0 N–H and O–H groups in total. The van der Waals surface area contributed by atoms with E-state index >= 15 is 0 Å². The summed E-state index contributed by atoms with van der Waals surface area (Å²) < 4.78 is 4.17. The van der Waals surface area contributed by atoms with Gasteiger partial charge in [-0.25, -0.2) is 0 Å². The monoisotopic (exact) mass is 394 g/mol. The fourth-order valence-electron chi connectivity index (χ4n) is 2.38. The molecular formula is C23H22O4S. The molecular weight excluding hydrogens is 372 g/mol. The molecule has 28 heavy (non-hydrogen) atoms. The lowest BCUT2D eigenvalue weighted by Crippen LogP contribution is -2.22. The summed E-state index contributed by atoms with van der Waals surface area (Å²) in [4.78, 5) is 24.0. The van der Waals surface area contributed by atoms with Crippen molar-refractivity contribution in [1.29, 1.82) is 0 Å². The van der Waals surface area contributed by atoms with Crippen LogP contribution in [0.25, 0.3) is 0 Å². The molecule has 0 saturated carbocycles. The number of benzene rings is 3. The van der Waals surface area contributed by atoms with Crippen molar-refractivity contribution < 1.29 is 19.4 Å². The maximum atomic E-state index is 10.2. The molecule has 0 amide bonds. The Bertz CT molecular complexity index is 758. The Morgan fingerprint density at radius 1 is 0.714 bits per heavy atom. The summed E-state index contributed by atoms with van der Waals surface area (Å²) in [5.74, 6) is -1.76. The number of carbonyl (C=O) groups excluding carboxylic acids is 2. The molecule has 3 aromatic carbocycles. The number of carboxylic acids is 1. The molecule has 0 unspecified atom stereocenters. The van der Waals surface area contributed by atoms with E-state index in [0.717, 1.165) is 0 Å². The summed E-state index contributed by atoms with van der Waals surface area (Å²) in [5, 5.41) is 9.70. The molecule has 0 bridgehead atoms. The first-order valence-corrected chi connectivity index (χ1v) is 10.0. The van der Waals surface area contributed by atoms with Crippen molar-refractivity contribution in [3.8, 4) is 0 Å². The highest BCUT2D eigenvalue weighted by atomic mass is 32.2. The number of esters is 1. The van der Waals surface area contributed by atoms with E-state index in [1.54, 1.807) is 0 Å². The Balaban J connectivity index is 0.000000266. The Morgan fingerprint density at radius 3 is 1.36 bits per heavy atom. The van der Waals surface area contributed by atoms with Crippen LogP contribution in [0.2, 0.25) is 0 Å². The van der Waals surface area contributed by atoms with E-state index in [-0.39, 0.29) is 23.7 Å². The van der Waals surface area contributed by atoms with Crippen LogP contribution in [0.4, 0.5) is 0 Å². The van der Waals surface area contributed by atoms with E-state index in [2.05, 4.69) is 95.7 Å². The van der Waals surface area contributed by atoms with Gasteiger partial charge < -0.3 is 14.6 Å². The first-order valence-electron chi connectivity index (χ1n) is 8.78. The summed E-state index contributed by atoms with van der Waals surface area (Å²) in [6.45, 7) is 0. The summed E-state index contributed by atoms with van der Waals surface area (Å²) in [6, 6.07) is 32.2. The average Bonchev–Trinajstić information content (AvgIpc) is 2.75. The lowest BCUT2D eigenvalue weighted by atomic mass is 10.3. The van der Waals surface area contributed by atoms with Crippen molar-refractivity contribution >= 4 is 22.8 Å². The molecule has 0 fully saturated rings. The normalized spacial score (nSPS) is 9.93. The molecule has 3 aromatic rings. The minimum atomic E-state index is -1.24. The summed E-state index contributed by atoms with van der Waals surface area (Å²) in [5.41, 5.74) is 0. The van der Waals surface area contributed by atoms with E-state index in [1.165, 1.54) is 21.8 Å². The van der Waals surface area contributed by atoms with Crippen LogP contribution in [-0.4, -0.2) is 19.0 Å². The quantitative estimate of drug-likeness (QED) is 0.474. The maximum Gasteiger partial charge on any atom is 0.305 e. The van der Waals surface area contributed by atoms with Crippen LogP contribution in [0.5, 0.6) is 0 Å². The second kappa shape index (κ2) is 11.6. The van der Waals surface area contributed by atoms with Crippen LogP contribution in [0, 0.1) is 0 Å². The Hall–Kier alpha value is -3.05. The van der Waals surface area contributed by atoms with Gasteiger partial charge in [0.25, 0.3) is 0 Å². The number of ether oxygens (including phenoxy) is 1. The highest BCUT2D eigenvalue weighted by Gasteiger charge is 2.27.